The van der Waals surface area contributed by atoms with Crippen molar-refractivity contribution in [3.8, 4) is 0 Å². The third kappa shape index (κ3) is 6.82. The summed E-state index contributed by atoms with van der Waals surface area (Å²) in [6, 6.07) is -0.0492. The van der Waals surface area contributed by atoms with Crippen LogP contribution in [0.15, 0.2) is 0 Å². The number of amides is 2. The second kappa shape index (κ2) is 8.25. The molecule has 21 heavy (non-hydrogen) atoms. The maximum absolute atomic E-state index is 11.7. The van der Waals surface area contributed by atoms with E-state index in [4.69, 9.17) is 5.11 Å². The lowest BCUT2D eigenvalue weighted by Crippen LogP contribution is -2.39. The SMILES string of the molecule is O=C(O)CCCCCCNC(=O)NCC(C1CC1)C1CC1. The predicted molar refractivity (Wildman–Crippen MR) is 81.1 cm³/mol. The van der Waals surface area contributed by atoms with Crippen molar-refractivity contribution in [1.82, 2.24) is 10.6 Å². The first-order valence-corrected chi connectivity index (χ1v) is 8.40. The van der Waals surface area contributed by atoms with Crippen molar-refractivity contribution in [2.24, 2.45) is 17.8 Å². The lowest BCUT2D eigenvalue weighted by molar-refractivity contribution is -0.137. The first-order valence-electron chi connectivity index (χ1n) is 8.40. The smallest absolute Gasteiger partial charge is 0.314 e. The average Bonchev–Trinajstić information content (AvgIpc) is 3.30. The highest BCUT2D eigenvalue weighted by molar-refractivity contribution is 5.73. The maximum atomic E-state index is 11.7. The molecule has 0 saturated heterocycles. The number of carbonyl (C=O) groups excluding carboxylic acids is 1. The zero-order valence-electron chi connectivity index (χ0n) is 12.8. The zero-order valence-corrected chi connectivity index (χ0v) is 12.8. The Bertz CT molecular complexity index is 339. The number of carbonyl (C=O) groups is 2. The molecule has 2 amide bonds. The lowest BCUT2D eigenvalue weighted by Gasteiger charge is -2.16. The van der Waals surface area contributed by atoms with E-state index in [1.807, 2.05) is 0 Å². The van der Waals surface area contributed by atoms with E-state index < -0.39 is 5.97 Å². The monoisotopic (exact) mass is 296 g/mol. The number of nitrogens with one attached hydrogen (secondary N) is 2. The highest BCUT2D eigenvalue weighted by atomic mass is 16.4. The van der Waals surface area contributed by atoms with Crippen molar-refractivity contribution in [2.75, 3.05) is 13.1 Å². The van der Waals surface area contributed by atoms with Crippen LogP contribution in [0.25, 0.3) is 0 Å². The van der Waals surface area contributed by atoms with Crippen LogP contribution in [0.2, 0.25) is 0 Å². The Hall–Kier alpha value is -1.26. The van der Waals surface area contributed by atoms with Crippen molar-refractivity contribution < 1.29 is 14.7 Å². The van der Waals surface area contributed by atoms with Gasteiger partial charge in [0, 0.05) is 19.5 Å². The van der Waals surface area contributed by atoms with Crippen LogP contribution >= 0.6 is 0 Å². The van der Waals surface area contributed by atoms with Crippen LogP contribution in [0.1, 0.15) is 57.8 Å². The standard InChI is InChI=1S/C16H28N2O3/c19-15(20)5-3-1-2-4-10-17-16(21)18-11-14(12-6-7-12)13-8-9-13/h12-14H,1-11H2,(H,19,20)(H2,17,18,21). The van der Waals surface area contributed by atoms with Crippen molar-refractivity contribution >= 4 is 12.0 Å². The molecule has 2 saturated carbocycles. The van der Waals surface area contributed by atoms with Crippen LogP contribution < -0.4 is 10.6 Å². The second-order valence-electron chi connectivity index (χ2n) is 6.53. The molecule has 0 aromatic heterocycles. The van der Waals surface area contributed by atoms with E-state index in [1.165, 1.54) is 25.7 Å². The van der Waals surface area contributed by atoms with Gasteiger partial charge in [-0.15, -0.1) is 0 Å². The molecule has 5 heteroatoms. The van der Waals surface area contributed by atoms with Gasteiger partial charge in [0.1, 0.15) is 0 Å². The summed E-state index contributed by atoms with van der Waals surface area (Å²) in [4.78, 5) is 22.1. The van der Waals surface area contributed by atoms with Gasteiger partial charge in [-0.2, -0.15) is 0 Å². The highest BCUT2D eigenvalue weighted by Gasteiger charge is 2.41. The van der Waals surface area contributed by atoms with Gasteiger partial charge in [-0.25, -0.2) is 4.79 Å². The topological polar surface area (TPSA) is 78.4 Å². The average molecular weight is 296 g/mol. The Morgan fingerprint density at radius 2 is 1.57 bits per heavy atom. The van der Waals surface area contributed by atoms with Crippen molar-refractivity contribution in [2.45, 2.75) is 57.8 Å². The van der Waals surface area contributed by atoms with Gasteiger partial charge < -0.3 is 15.7 Å². The van der Waals surface area contributed by atoms with Gasteiger partial charge in [-0.05, 0) is 56.3 Å². The van der Waals surface area contributed by atoms with Gasteiger partial charge in [-0.1, -0.05) is 12.8 Å². The molecule has 0 unspecified atom stereocenters. The molecule has 0 aromatic rings. The highest BCUT2D eigenvalue weighted by Crippen LogP contribution is 2.48. The minimum absolute atomic E-state index is 0.0492. The maximum Gasteiger partial charge on any atom is 0.314 e. The largest absolute Gasteiger partial charge is 0.481 e. The fourth-order valence-electron chi connectivity index (χ4n) is 3.00. The van der Waals surface area contributed by atoms with Gasteiger partial charge in [-0.3, -0.25) is 4.79 Å². The van der Waals surface area contributed by atoms with Crippen LogP contribution in [0.3, 0.4) is 0 Å². The van der Waals surface area contributed by atoms with E-state index in [0.717, 1.165) is 44.1 Å². The summed E-state index contributed by atoms with van der Waals surface area (Å²) in [7, 11) is 0. The minimum Gasteiger partial charge on any atom is -0.481 e. The Kier molecular flexibility index (Phi) is 6.33. The molecule has 0 aliphatic heterocycles. The summed E-state index contributed by atoms with van der Waals surface area (Å²) in [5.74, 6) is 1.72. The molecule has 120 valence electrons. The second-order valence-corrected chi connectivity index (χ2v) is 6.53. The summed E-state index contributed by atoms with van der Waals surface area (Å²) < 4.78 is 0. The number of carboxylic acid groups (broad SMARTS) is 1. The van der Waals surface area contributed by atoms with Crippen LogP contribution in [0.5, 0.6) is 0 Å². The fourth-order valence-corrected chi connectivity index (χ4v) is 3.00. The molecule has 0 bridgehead atoms. The number of urea groups is 1. The van der Waals surface area contributed by atoms with E-state index in [2.05, 4.69) is 10.6 Å². The summed E-state index contributed by atoms with van der Waals surface area (Å²) in [6.07, 6.45) is 9.18. The van der Waals surface area contributed by atoms with E-state index in [-0.39, 0.29) is 12.5 Å². The molecule has 2 fully saturated rings. The number of hydrogen-bond donors (Lipinski definition) is 3. The molecule has 0 radical (unpaired) electrons. The summed E-state index contributed by atoms with van der Waals surface area (Å²) >= 11 is 0. The number of carboxylic acids is 1. The van der Waals surface area contributed by atoms with Gasteiger partial charge in [0.05, 0.1) is 0 Å². The first-order chi connectivity index (χ1) is 10.2. The van der Waals surface area contributed by atoms with Gasteiger partial charge in [0.15, 0.2) is 0 Å². The number of aliphatic carboxylic acids is 1. The molecule has 2 aliphatic rings. The molecule has 2 aliphatic carbocycles. The molecule has 5 nitrogen and oxygen atoms in total. The molecule has 0 aromatic carbocycles. The van der Waals surface area contributed by atoms with Crippen LogP contribution in [0.4, 0.5) is 4.79 Å². The summed E-state index contributed by atoms with van der Waals surface area (Å²) in [5, 5.41) is 14.4. The number of unbranched alkanes of at least 4 members (excludes halogenated alkanes) is 3. The molecular weight excluding hydrogens is 268 g/mol. The Labute approximate surface area is 126 Å². The molecule has 0 heterocycles. The van der Waals surface area contributed by atoms with Gasteiger partial charge in [0.2, 0.25) is 0 Å². The summed E-state index contributed by atoms with van der Waals surface area (Å²) in [6.45, 7) is 1.51. The number of hydrogen-bond acceptors (Lipinski definition) is 2. The van der Waals surface area contributed by atoms with E-state index in [0.29, 0.717) is 12.5 Å². The first kappa shape index (κ1) is 16.1. The zero-order chi connectivity index (χ0) is 15.1. The molecule has 2 rings (SSSR count). The Morgan fingerprint density at radius 1 is 0.952 bits per heavy atom. The molecule has 0 atom stereocenters. The Morgan fingerprint density at radius 3 is 2.14 bits per heavy atom. The Balaban J connectivity index is 1.43. The molecular formula is C16H28N2O3. The van der Waals surface area contributed by atoms with Gasteiger partial charge >= 0.3 is 12.0 Å². The van der Waals surface area contributed by atoms with E-state index >= 15 is 0 Å². The van der Waals surface area contributed by atoms with Crippen molar-refractivity contribution in [3.05, 3.63) is 0 Å². The van der Waals surface area contributed by atoms with E-state index in [9.17, 15) is 9.59 Å². The van der Waals surface area contributed by atoms with Crippen LogP contribution in [-0.2, 0) is 4.79 Å². The van der Waals surface area contributed by atoms with E-state index in [1.54, 1.807) is 0 Å². The van der Waals surface area contributed by atoms with Crippen LogP contribution in [-0.4, -0.2) is 30.2 Å². The van der Waals surface area contributed by atoms with Gasteiger partial charge in [0.25, 0.3) is 0 Å². The lowest BCUT2D eigenvalue weighted by atomic mass is 9.98. The molecule has 0 spiro atoms. The predicted octanol–water partition coefficient (Wildman–Crippen LogP) is 2.76. The quantitative estimate of drug-likeness (QED) is 0.513. The van der Waals surface area contributed by atoms with Crippen LogP contribution in [0, 0.1) is 17.8 Å². The minimum atomic E-state index is -0.728. The third-order valence-electron chi connectivity index (χ3n) is 4.56. The van der Waals surface area contributed by atoms with Crippen molar-refractivity contribution in [1.29, 1.82) is 0 Å². The normalized spacial score (nSPS) is 17.8. The molecule has 3 N–H and O–H groups in total. The fraction of sp³-hybridized carbons (Fsp3) is 0.875. The summed E-state index contributed by atoms with van der Waals surface area (Å²) in [5.41, 5.74) is 0. The number of rotatable bonds is 11. The van der Waals surface area contributed by atoms with Crippen molar-refractivity contribution in [3.63, 3.8) is 0 Å². The third-order valence-corrected chi connectivity index (χ3v) is 4.56.